The Morgan fingerprint density at radius 1 is 0.927 bits per heavy atom. The van der Waals surface area contributed by atoms with Gasteiger partial charge < -0.3 is 14.9 Å². The Bertz CT molecular complexity index is 1480. The van der Waals surface area contributed by atoms with E-state index in [1.807, 2.05) is 73.1 Å². The minimum Gasteiger partial charge on any atom is -0.489 e. The summed E-state index contributed by atoms with van der Waals surface area (Å²) >= 11 is 0. The minimum absolute atomic E-state index is 0.0464. The molecule has 1 atom stereocenters. The van der Waals surface area contributed by atoms with Gasteiger partial charge in [0.05, 0.1) is 18.0 Å². The van der Waals surface area contributed by atoms with Gasteiger partial charge in [-0.25, -0.2) is 0 Å². The number of quaternary nitrogens is 1. The van der Waals surface area contributed by atoms with Gasteiger partial charge in [0.25, 0.3) is 5.84 Å². The molecule has 208 valence electrons. The summed E-state index contributed by atoms with van der Waals surface area (Å²) in [4.78, 5) is 26.1. The van der Waals surface area contributed by atoms with Crippen molar-refractivity contribution in [2.75, 3.05) is 11.9 Å². The Balaban J connectivity index is 1.23. The van der Waals surface area contributed by atoms with Crippen LogP contribution in [0.2, 0.25) is 0 Å². The van der Waals surface area contributed by atoms with Crippen LogP contribution in [0.15, 0.2) is 119 Å². The molecule has 8 heteroatoms. The predicted octanol–water partition coefficient (Wildman–Crippen LogP) is 6.12. The summed E-state index contributed by atoms with van der Waals surface area (Å²) in [5.74, 6) is 2.33. The summed E-state index contributed by atoms with van der Waals surface area (Å²) in [5.41, 5.74) is 7.91. The molecule has 3 aromatic rings. The molecule has 6 rings (SSSR count). The first-order valence-electron chi connectivity index (χ1n) is 14.1. The molecule has 0 aromatic heterocycles. The normalized spacial score (nSPS) is 23.1. The zero-order valence-corrected chi connectivity index (χ0v) is 22.9. The number of hydrogen-bond acceptors (Lipinski definition) is 7. The molecule has 2 aliphatic heterocycles. The number of benzene rings is 3. The Hall–Kier alpha value is -4.53. The predicted molar refractivity (Wildman–Crippen MR) is 159 cm³/mol. The minimum atomic E-state index is -0.0464. The zero-order valence-electron chi connectivity index (χ0n) is 22.9. The van der Waals surface area contributed by atoms with Crippen LogP contribution in [0.1, 0.15) is 36.8 Å². The smallest absolute Gasteiger partial charge is 0.318 e. The van der Waals surface area contributed by atoms with E-state index in [4.69, 9.17) is 14.6 Å². The lowest BCUT2D eigenvalue weighted by molar-refractivity contribution is -0.821. The second kappa shape index (κ2) is 12.3. The Labute approximate surface area is 240 Å². The van der Waals surface area contributed by atoms with E-state index < -0.39 is 0 Å². The summed E-state index contributed by atoms with van der Waals surface area (Å²) in [6, 6.07) is 28.3. The van der Waals surface area contributed by atoms with Crippen LogP contribution in [0.4, 0.5) is 5.69 Å². The van der Waals surface area contributed by atoms with E-state index in [1.165, 1.54) is 0 Å². The highest BCUT2D eigenvalue weighted by atomic mass is 16.7. The summed E-state index contributed by atoms with van der Waals surface area (Å²) in [5, 5.41) is 3.58. The van der Waals surface area contributed by atoms with Crippen LogP contribution >= 0.6 is 0 Å². The average molecular weight is 549 g/mol. The third kappa shape index (κ3) is 5.84. The second-order valence-corrected chi connectivity index (χ2v) is 10.6. The van der Waals surface area contributed by atoms with Crippen molar-refractivity contribution in [2.45, 2.75) is 32.3 Å². The molecule has 1 unspecified atom stereocenters. The molecule has 1 saturated carbocycles. The van der Waals surface area contributed by atoms with Crippen molar-refractivity contribution >= 4 is 24.2 Å². The van der Waals surface area contributed by atoms with Crippen LogP contribution in [-0.4, -0.2) is 29.7 Å². The molecule has 1 fully saturated rings. The van der Waals surface area contributed by atoms with Gasteiger partial charge in [0.2, 0.25) is 5.70 Å². The van der Waals surface area contributed by atoms with Crippen molar-refractivity contribution < 1.29 is 19.0 Å². The number of allylic oxidation sites excluding steroid dienone is 2. The average Bonchev–Trinajstić information content (AvgIpc) is 3.38. The zero-order chi connectivity index (χ0) is 27.9. The van der Waals surface area contributed by atoms with Crippen molar-refractivity contribution in [2.24, 2.45) is 21.8 Å². The molecule has 0 amide bonds. The SMILES string of the molecule is O=CON[N+]12C=CN=CC1=C(C1CCC(CNc3ccccc3)CC1)N=C2c1cccc(OCc2ccccc2)c1. The second-order valence-electron chi connectivity index (χ2n) is 10.6. The van der Waals surface area contributed by atoms with Gasteiger partial charge >= 0.3 is 6.47 Å². The Morgan fingerprint density at radius 2 is 1.71 bits per heavy atom. The van der Waals surface area contributed by atoms with Gasteiger partial charge in [0, 0.05) is 23.7 Å². The monoisotopic (exact) mass is 548 g/mol. The van der Waals surface area contributed by atoms with Crippen molar-refractivity contribution in [3.63, 3.8) is 0 Å². The molecule has 0 radical (unpaired) electrons. The maximum Gasteiger partial charge on any atom is 0.318 e. The van der Waals surface area contributed by atoms with E-state index in [0.717, 1.165) is 66.2 Å². The van der Waals surface area contributed by atoms with Crippen molar-refractivity contribution in [3.8, 4) is 5.75 Å². The third-order valence-corrected chi connectivity index (χ3v) is 7.96. The Kier molecular flexibility index (Phi) is 8.02. The van der Waals surface area contributed by atoms with Crippen LogP contribution in [0, 0.1) is 11.8 Å². The highest BCUT2D eigenvalue weighted by Crippen LogP contribution is 2.42. The fourth-order valence-corrected chi connectivity index (χ4v) is 5.83. The maximum absolute atomic E-state index is 11.3. The number of rotatable bonds is 11. The van der Waals surface area contributed by atoms with Crippen molar-refractivity contribution in [3.05, 3.63) is 120 Å². The Morgan fingerprint density at radius 3 is 2.49 bits per heavy atom. The number of carbonyl (C=O) groups excluding carboxylic acids is 1. The van der Waals surface area contributed by atoms with E-state index >= 15 is 0 Å². The fourth-order valence-electron chi connectivity index (χ4n) is 5.83. The summed E-state index contributed by atoms with van der Waals surface area (Å²) in [7, 11) is 0. The van der Waals surface area contributed by atoms with Crippen molar-refractivity contribution in [1.29, 1.82) is 0 Å². The number of hydrogen-bond donors (Lipinski definition) is 2. The molecule has 8 nitrogen and oxygen atoms in total. The van der Waals surface area contributed by atoms with Gasteiger partial charge in [-0.3, -0.25) is 9.79 Å². The lowest BCUT2D eigenvalue weighted by Gasteiger charge is -2.31. The molecule has 3 aromatic carbocycles. The number of anilines is 1. The van der Waals surface area contributed by atoms with Crippen LogP contribution < -0.4 is 15.6 Å². The van der Waals surface area contributed by atoms with Crippen LogP contribution in [-0.2, 0) is 16.2 Å². The topological polar surface area (TPSA) is 84.3 Å². The van der Waals surface area contributed by atoms with Gasteiger partial charge in [0.15, 0.2) is 0 Å². The fraction of sp³-hybridized carbons (Fsp3) is 0.242. The van der Waals surface area contributed by atoms with Gasteiger partial charge in [-0.2, -0.15) is 4.99 Å². The number of fused-ring (bicyclic) bond motifs is 1. The number of carbonyl (C=O) groups is 1. The molecule has 0 spiro atoms. The van der Waals surface area contributed by atoms with Crippen LogP contribution in [0.5, 0.6) is 5.75 Å². The first kappa shape index (κ1) is 26.7. The number of nitrogens with zero attached hydrogens (tertiary/aromatic N) is 3. The van der Waals surface area contributed by atoms with Gasteiger partial charge in [-0.1, -0.05) is 54.6 Å². The summed E-state index contributed by atoms with van der Waals surface area (Å²) < 4.78 is 6.07. The first-order valence-corrected chi connectivity index (χ1v) is 14.1. The van der Waals surface area contributed by atoms with Crippen LogP contribution in [0.3, 0.4) is 0 Å². The standard InChI is InChI=1S/C33H34N5O3/c39-24-41-37-38-19-18-34-22-31(38)32(27-16-14-25(15-17-27)21-35-29-11-5-2-6-12-29)36-33(38)28-10-7-13-30(20-28)40-23-26-8-3-1-4-9-26/h1-13,18-20,22,24-25,27,35,37H,14-17,21,23H2/q+1. The van der Waals surface area contributed by atoms with Crippen molar-refractivity contribution in [1.82, 2.24) is 5.59 Å². The number of nitrogens with one attached hydrogen (secondary N) is 2. The van der Waals surface area contributed by atoms with Gasteiger partial charge in [-0.05, 0) is 67.5 Å². The number of ether oxygens (including phenoxy) is 1. The van der Waals surface area contributed by atoms with E-state index in [9.17, 15) is 4.79 Å². The quantitative estimate of drug-likeness (QED) is 0.171. The molecule has 1 aliphatic carbocycles. The van der Waals surface area contributed by atoms with Gasteiger partial charge in [0.1, 0.15) is 24.3 Å². The molecule has 0 bridgehead atoms. The highest BCUT2D eigenvalue weighted by Gasteiger charge is 2.49. The highest BCUT2D eigenvalue weighted by molar-refractivity contribution is 6.00. The van der Waals surface area contributed by atoms with E-state index in [-0.39, 0.29) is 10.5 Å². The molecular weight excluding hydrogens is 514 g/mol. The number of para-hydroxylation sites is 1. The van der Waals surface area contributed by atoms with Gasteiger partial charge in [-0.15, -0.1) is 4.59 Å². The molecule has 0 saturated heterocycles. The number of amidine groups is 1. The largest absolute Gasteiger partial charge is 0.489 e. The van der Waals surface area contributed by atoms with E-state index in [1.54, 1.807) is 6.20 Å². The molecule has 41 heavy (non-hydrogen) atoms. The first-order chi connectivity index (χ1) is 20.2. The molecule has 2 N–H and O–H groups in total. The van der Waals surface area contributed by atoms with E-state index in [0.29, 0.717) is 24.8 Å². The lowest BCUT2D eigenvalue weighted by Crippen LogP contribution is -2.56. The van der Waals surface area contributed by atoms with Crippen LogP contribution in [0.25, 0.3) is 0 Å². The third-order valence-electron chi connectivity index (χ3n) is 7.96. The summed E-state index contributed by atoms with van der Waals surface area (Å²) in [6.07, 6.45) is 9.67. The number of aliphatic imine (C=N–C) groups is 2. The van der Waals surface area contributed by atoms with E-state index in [2.05, 4.69) is 40.2 Å². The molecular formula is C33H34N5O3+. The lowest BCUT2D eigenvalue weighted by atomic mass is 9.80. The summed E-state index contributed by atoms with van der Waals surface area (Å²) in [6.45, 7) is 1.82. The molecule has 3 aliphatic rings. The maximum atomic E-state index is 11.3. The molecule has 2 heterocycles.